The van der Waals surface area contributed by atoms with E-state index in [0.29, 0.717) is 5.69 Å². The van der Waals surface area contributed by atoms with Gasteiger partial charge in [0.05, 0.1) is 18.8 Å². The van der Waals surface area contributed by atoms with Crippen molar-refractivity contribution in [3.05, 3.63) is 18.2 Å². The quantitative estimate of drug-likeness (QED) is 0.120. The Morgan fingerprint density at radius 2 is 1.51 bits per heavy atom. The zero-order chi connectivity index (χ0) is 26.7. The Labute approximate surface area is 200 Å². The van der Waals surface area contributed by atoms with Gasteiger partial charge in [-0.25, -0.2) is 9.78 Å². The predicted molar refractivity (Wildman–Crippen MR) is 121 cm³/mol. The smallest absolute Gasteiger partial charge is 0.326 e. The summed E-state index contributed by atoms with van der Waals surface area (Å²) in [6.45, 7) is 3.39. The average molecular weight is 497 g/mol. The van der Waals surface area contributed by atoms with E-state index < -0.39 is 66.1 Å². The van der Waals surface area contributed by atoms with Gasteiger partial charge >= 0.3 is 5.97 Å². The molecule has 0 saturated heterocycles. The number of imidazole rings is 1. The molecule has 15 heteroatoms. The van der Waals surface area contributed by atoms with E-state index in [4.69, 9.17) is 17.2 Å². The van der Waals surface area contributed by atoms with Crippen molar-refractivity contribution in [2.45, 2.75) is 63.7 Å². The number of hydrogen-bond acceptors (Lipinski definition) is 8. The van der Waals surface area contributed by atoms with Gasteiger partial charge < -0.3 is 43.2 Å². The van der Waals surface area contributed by atoms with Crippen molar-refractivity contribution in [2.24, 2.45) is 23.1 Å². The van der Waals surface area contributed by atoms with Gasteiger partial charge in [0.1, 0.15) is 18.1 Å². The van der Waals surface area contributed by atoms with Crippen LogP contribution in [0.25, 0.3) is 0 Å². The first-order valence-electron chi connectivity index (χ1n) is 10.7. The molecule has 0 aliphatic heterocycles. The molecule has 0 fully saturated rings. The number of aromatic nitrogens is 2. The van der Waals surface area contributed by atoms with Gasteiger partial charge in [-0.15, -0.1) is 0 Å². The number of carboxylic acid groups (broad SMARTS) is 1. The van der Waals surface area contributed by atoms with Crippen LogP contribution in [0.5, 0.6) is 0 Å². The molecule has 4 atom stereocenters. The summed E-state index contributed by atoms with van der Waals surface area (Å²) in [4.78, 5) is 78.8. The third kappa shape index (κ3) is 10.2. The minimum atomic E-state index is -1.56. The fraction of sp³-hybridized carbons (Fsp3) is 0.550. The first kappa shape index (κ1) is 29.0. The van der Waals surface area contributed by atoms with Gasteiger partial charge in [0.2, 0.25) is 29.5 Å². The minimum Gasteiger partial charge on any atom is -0.480 e. The summed E-state index contributed by atoms with van der Waals surface area (Å²) in [6, 6.07) is -5.24. The molecule has 0 bridgehead atoms. The van der Waals surface area contributed by atoms with E-state index in [0.717, 1.165) is 0 Å². The van der Waals surface area contributed by atoms with Gasteiger partial charge in [-0.05, 0) is 12.3 Å². The van der Waals surface area contributed by atoms with E-state index in [1.165, 1.54) is 12.5 Å². The Balaban J connectivity index is 3.02. The van der Waals surface area contributed by atoms with Crippen LogP contribution in [-0.2, 0) is 35.2 Å². The molecule has 15 nitrogen and oxygen atoms in total. The molecular formula is C20H32N8O7. The highest BCUT2D eigenvalue weighted by molar-refractivity contribution is 5.96. The van der Waals surface area contributed by atoms with E-state index in [1.54, 1.807) is 13.8 Å². The van der Waals surface area contributed by atoms with Gasteiger partial charge in [0.25, 0.3) is 0 Å². The second-order valence-electron chi connectivity index (χ2n) is 8.25. The van der Waals surface area contributed by atoms with Crippen LogP contribution in [0.3, 0.4) is 0 Å². The number of nitrogens with one attached hydrogen (secondary N) is 4. The third-order valence-electron chi connectivity index (χ3n) is 4.97. The van der Waals surface area contributed by atoms with Crippen molar-refractivity contribution in [3.8, 4) is 0 Å². The summed E-state index contributed by atoms with van der Waals surface area (Å²) in [5, 5.41) is 16.4. The van der Waals surface area contributed by atoms with Gasteiger partial charge in [-0.2, -0.15) is 0 Å². The molecule has 0 aromatic carbocycles. The Hall–Kier alpha value is -4.01. The van der Waals surface area contributed by atoms with E-state index in [2.05, 4.69) is 25.9 Å². The number of nitrogens with two attached hydrogens (primary N) is 3. The SMILES string of the molecule is CC(C)C(N)C(=O)NC(CCC(N)=O)C(=O)NC(CC(N)=O)C(=O)NC(Cc1cnc[nH]1)C(=O)O. The number of amides is 5. The van der Waals surface area contributed by atoms with Crippen LogP contribution in [0.4, 0.5) is 0 Å². The fourth-order valence-electron chi connectivity index (χ4n) is 2.90. The number of aromatic amines is 1. The number of rotatable bonds is 15. The summed E-state index contributed by atoms with van der Waals surface area (Å²) in [6.07, 6.45) is 1.42. The maximum atomic E-state index is 12.9. The highest BCUT2D eigenvalue weighted by Crippen LogP contribution is 2.05. The van der Waals surface area contributed by atoms with Crippen LogP contribution < -0.4 is 33.2 Å². The van der Waals surface area contributed by atoms with Crippen LogP contribution >= 0.6 is 0 Å². The number of hydrogen-bond donors (Lipinski definition) is 8. The second-order valence-corrected chi connectivity index (χ2v) is 8.25. The summed E-state index contributed by atoms with van der Waals surface area (Å²) in [7, 11) is 0. The molecule has 35 heavy (non-hydrogen) atoms. The molecule has 0 radical (unpaired) electrons. The lowest BCUT2D eigenvalue weighted by atomic mass is 10.0. The second kappa shape index (κ2) is 13.6. The number of carbonyl (C=O) groups is 6. The molecular weight excluding hydrogens is 464 g/mol. The van der Waals surface area contributed by atoms with Crippen molar-refractivity contribution < 1.29 is 33.9 Å². The number of aliphatic carboxylic acids is 1. The molecule has 4 unspecified atom stereocenters. The van der Waals surface area contributed by atoms with Gasteiger partial charge in [-0.1, -0.05) is 13.8 Å². The number of carboxylic acids is 1. The first-order chi connectivity index (χ1) is 16.3. The molecule has 1 aromatic rings. The van der Waals surface area contributed by atoms with E-state index >= 15 is 0 Å². The maximum absolute atomic E-state index is 12.9. The van der Waals surface area contributed by atoms with Crippen molar-refractivity contribution in [1.29, 1.82) is 0 Å². The molecule has 0 aliphatic rings. The third-order valence-corrected chi connectivity index (χ3v) is 4.97. The lowest BCUT2D eigenvalue weighted by Crippen LogP contribution is -2.58. The van der Waals surface area contributed by atoms with E-state index in [1.807, 2.05) is 0 Å². The van der Waals surface area contributed by atoms with Crippen molar-refractivity contribution in [3.63, 3.8) is 0 Å². The summed E-state index contributed by atoms with van der Waals surface area (Å²) in [5.74, 6) is -5.91. The summed E-state index contributed by atoms with van der Waals surface area (Å²) >= 11 is 0. The molecule has 1 aromatic heterocycles. The van der Waals surface area contributed by atoms with Crippen LogP contribution in [0.2, 0.25) is 0 Å². The maximum Gasteiger partial charge on any atom is 0.326 e. The minimum absolute atomic E-state index is 0.150. The lowest BCUT2D eigenvalue weighted by Gasteiger charge is -2.25. The van der Waals surface area contributed by atoms with Crippen molar-refractivity contribution in [2.75, 3.05) is 0 Å². The number of H-pyrrole nitrogens is 1. The molecule has 1 rings (SSSR count). The standard InChI is InChI=1S/C20H32N8O7/c1-9(2)16(23)19(33)26-11(3-4-14(21)29)17(31)27-12(6-15(22)30)18(32)28-13(20(34)35)5-10-7-24-8-25-10/h7-9,11-13,16H,3-6,23H2,1-2H3,(H2,21,29)(H2,22,30)(H,24,25)(H,26,33)(H,27,31)(H,28,32)(H,34,35). The predicted octanol–water partition coefficient (Wildman–Crippen LogP) is -3.38. The average Bonchev–Trinajstić information content (AvgIpc) is 3.27. The Bertz CT molecular complexity index is 919. The van der Waals surface area contributed by atoms with E-state index in [-0.39, 0.29) is 25.2 Å². The molecule has 0 aliphatic carbocycles. The highest BCUT2D eigenvalue weighted by Gasteiger charge is 2.32. The van der Waals surface area contributed by atoms with Gasteiger partial charge in [0, 0.05) is 24.7 Å². The molecule has 0 saturated carbocycles. The first-order valence-corrected chi connectivity index (χ1v) is 10.7. The highest BCUT2D eigenvalue weighted by atomic mass is 16.4. The molecule has 11 N–H and O–H groups in total. The largest absolute Gasteiger partial charge is 0.480 e. The summed E-state index contributed by atoms with van der Waals surface area (Å²) in [5.41, 5.74) is 16.5. The molecule has 5 amide bonds. The van der Waals surface area contributed by atoms with Crippen LogP contribution in [0, 0.1) is 5.92 Å². The van der Waals surface area contributed by atoms with Gasteiger partial charge in [-0.3, -0.25) is 24.0 Å². The Kier molecular flexibility index (Phi) is 11.3. The van der Waals surface area contributed by atoms with Gasteiger partial charge in [0.15, 0.2) is 0 Å². The van der Waals surface area contributed by atoms with Crippen molar-refractivity contribution >= 4 is 35.5 Å². The molecule has 0 spiro atoms. The van der Waals surface area contributed by atoms with Crippen LogP contribution in [-0.4, -0.2) is 74.7 Å². The molecule has 1 heterocycles. The topological polar surface area (TPSA) is 265 Å². The number of primary amides is 2. The fourth-order valence-corrected chi connectivity index (χ4v) is 2.90. The van der Waals surface area contributed by atoms with Crippen LogP contribution in [0.15, 0.2) is 12.5 Å². The number of nitrogens with zero attached hydrogens (tertiary/aromatic N) is 1. The molecule has 194 valence electrons. The monoisotopic (exact) mass is 496 g/mol. The Morgan fingerprint density at radius 3 is 2.00 bits per heavy atom. The summed E-state index contributed by atoms with van der Waals surface area (Å²) < 4.78 is 0. The Morgan fingerprint density at radius 1 is 0.943 bits per heavy atom. The van der Waals surface area contributed by atoms with Crippen LogP contribution in [0.1, 0.15) is 38.8 Å². The zero-order valence-corrected chi connectivity index (χ0v) is 19.4. The zero-order valence-electron chi connectivity index (χ0n) is 19.4. The number of carbonyl (C=O) groups excluding carboxylic acids is 5. The normalized spacial score (nSPS) is 14.3. The lowest BCUT2D eigenvalue weighted by molar-refractivity contribution is -0.142. The van der Waals surface area contributed by atoms with Crippen molar-refractivity contribution in [1.82, 2.24) is 25.9 Å². The van der Waals surface area contributed by atoms with E-state index in [9.17, 15) is 33.9 Å².